The first-order valence-electron chi connectivity index (χ1n) is 9.66. The highest BCUT2D eigenvalue weighted by molar-refractivity contribution is 14.1. The van der Waals surface area contributed by atoms with Gasteiger partial charge in [-0.15, -0.1) is 0 Å². The Labute approximate surface area is 201 Å². The van der Waals surface area contributed by atoms with E-state index in [0.717, 1.165) is 17.0 Å². The van der Waals surface area contributed by atoms with Crippen LogP contribution in [0, 0.1) is 15.2 Å². The van der Waals surface area contributed by atoms with Gasteiger partial charge in [-0.1, -0.05) is 24.3 Å². The van der Waals surface area contributed by atoms with Crippen molar-refractivity contribution in [2.45, 2.75) is 6.61 Å². The van der Waals surface area contributed by atoms with Crippen molar-refractivity contribution in [1.82, 2.24) is 5.32 Å². The maximum absolute atomic E-state index is 13.8. The van der Waals surface area contributed by atoms with Crippen molar-refractivity contribution >= 4 is 52.2 Å². The van der Waals surface area contributed by atoms with Gasteiger partial charge in [0.05, 0.1) is 9.26 Å². The second-order valence-corrected chi connectivity index (χ2v) is 8.17. The number of urea groups is 1. The molecule has 166 valence electrons. The lowest BCUT2D eigenvalue weighted by Gasteiger charge is -2.26. The molecule has 4 amide bonds. The topological polar surface area (TPSA) is 75.7 Å². The molecule has 0 saturated carbocycles. The quantitative estimate of drug-likeness (QED) is 0.276. The number of nitrogens with one attached hydrogen (secondary N) is 1. The number of rotatable bonds is 5. The zero-order chi connectivity index (χ0) is 23.5. The van der Waals surface area contributed by atoms with Crippen LogP contribution in [-0.2, 0) is 16.2 Å². The summed E-state index contributed by atoms with van der Waals surface area (Å²) in [5.74, 6) is -2.05. The van der Waals surface area contributed by atoms with E-state index >= 15 is 0 Å². The number of halogens is 3. The largest absolute Gasteiger partial charge is 0.488 e. The van der Waals surface area contributed by atoms with E-state index < -0.39 is 23.7 Å². The monoisotopic (exact) mass is 560 g/mol. The van der Waals surface area contributed by atoms with Gasteiger partial charge in [-0.25, -0.2) is 18.5 Å². The van der Waals surface area contributed by atoms with Crippen LogP contribution in [0.3, 0.4) is 0 Å². The maximum atomic E-state index is 13.8. The minimum absolute atomic E-state index is 0.0404. The molecular formula is C24H15F2IN2O4. The third-order valence-electron chi connectivity index (χ3n) is 4.79. The summed E-state index contributed by atoms with van der Waals surface area (Å²) in [5, 5.41) is 2.12. The van der Waals surface area contributed by atoms with Crippen molar-refractivity contribution < 1.29 is 27.9 Å². The van der Waals surface area contributed by atoms with Gasteiger partial charge in [0.15, 0.2) is 0 Å². The molecule has 3 aromatic carbocycles. The number of hydrogen-bond donors (Lipinski definition) is 1. The first-order chi connectivity index (χ1) is 15.8. The molecule has 1 aliphatic heterocycles. The van der Waals surface area contributed by atoms with E-state index in [0.29, 0.717) is 20.4 Å². The zero-order valence-corrected chi connectivity index (χ0v) is 19.0. The predicted octanol–water partition coefficient (Wildman–Crippen LogP) is 4.81. The van der Waals surface area contributed by atoms with E-state index in [1.54, 1.807) is 36.4 Å². The van der Waals surface area contributed by atoms with Gasteiger partial charge < -0.3 is 4.74 Å². The minimum atomic E-state index is -0.916. The van der Waals surface area contributed by atoms with Crippen molar-refractivity contribution in [2.24, 2.45) is 0 Å². The van der Waals surface area contributed by atoms with Gasteiger partial charge in [0.2, 0.25) is 0 Å². The third-order valence-corrected chi connectivity index (χ3v) is 5.64. The Hall–Kier alpha value is -3.60. The van der Waals surface area contributed by atoms with Gasteiger partial charge in [0, 0.05) is 5.56 Å². The summed E-state index contributed by atoms with van der Waals surface area (Å²) in [7, 11) is 0. The molecule has 1 N–H and O–H groups in total. The number of anilines is 1. The van der Waals surface area contributed by atoms with Crippen LogP contribution in [0.25, 0.3) is 6.08 Å². The van der Waals surface area contributed by atoms with E-state index in [2.05, 4.69) is 5.32 Å². The highest BCUT2D eigenvalue weighted by Gasteiger charge is 2.36. The Morgan fingerprint density at radius 1 is 0.970 bits per heavy atom. The summed E-state index contributed by atoms with van der Waals surface area (Å²) < 4.78 is 33.4. The van der Waals surface area contributed by atoms with E-state index in [4.69, 9.17) is 4.74 Å². The predicted molar refractivity (Wildman–Crippen MR) is 125 cm³/mol. The molecule has 33 heavy (non-hydrogen) atoms. The van der Waals surface area contributed by atoms with Gasteiger partial charge >= 0.3 is 6.03 Å². The maximum Gasteiger partial charge on any atom is 0.335 e. The van der Waals surface area contributed by atoms with Crippen LogP contribution >= 0.6 is 22.6 Å². The standard InChI is InChI=1S/C24H15F2IN2O4/c25-16-6-8-17(9-7-16)29-23(31)18(22(30)28-24(29)32)11-14-5-10-21(20(27)12-14)33-13-15-3-1-2-4-19(15)26/h1-12H,13H2,(H,28,30,32)/b18-11+. The Morgan fingerprint density at radius 3 is 2.39 bits per heavy atom. The summed E-state index contributed by atoms with van der Waals surface area (Å²) in [4.78, 5) is 38.2. The van der Waals surface area contributed by atoms with Crippen molar-refractivity contribution in [1.29, 1.82) is 0 Å². The van der Waals surface area contributed by atoms with E-state index in [1.807, 2.05) is 22.6 Å². The number of imide groups is 2. The fourth-order valence-electron chi connectivity index (χ4n) is 3.14. The van der Waals surface area contributed by atoms with Gasteiger partial charge in [-0.05, 0) is 76.7 Å². The lowest BCUT2D eigenvalue weighted by atomic mass is 10.1. The molecule has 4 rings (SSSR count). The number of hydrogen-bond acceptors (Lipinski definition) is 4. The molecular weight excluding hydrogens is 545 g/mol. The van der Waals surface area contributed by atoms with Crippen LogP contribution in [0.4, 0.5) is 19.3 Å². The highest BCUT2D eigenvalue weighted by Crippen LogP contribution is 2.26. The first-order valence-corrected chi connectivity index (χ1v) is 10.7. The molecule has 0 aliphatic carbocycles. The molecule has 0 spiro atoms. The Balaban J connectivity index is 1.57. The van der Waals surface area contributed by atoms with Crippen LogP contribution in [-0.4, -0.2) is 17.8 Å². The summed E-state index contributed by atoms with van der Waals surface area (Å²) in [6.07, 6.45) is 1.35. The number of nitrogens with zero attached hydrogens (tertiary/aromatic N) is 1. The summed E-state index contributed by atoms with van der Waals surface area (Å²) in [5.41, 5.74) is 0.803. The van der Waals surface area contributed by atoms with Crippen LogP contribution in [0.15, 0.2) is 72.3 Å². The second-order valence-electron chi connectivity index (χ2n) is 7.00. The number of carbonyl (C=O) groups is 3. The fourth-order valence-corrected chi connectivity index (χ4v) is 3.84. The van der Waals surface area contributed by atoms with Crippen LogP contribution in [0.1, 0.15) is 11.1 Å². The van der Waals surface area contributed by atoms with Gasteiger partial charge in [0.1, 0.15) is 29.6 Å². The molecule has 1 aliphatic rings. The summed E-state index contributed by atoms with van der Waals surface area (Å²) >= 11 is 2.03. The van der Waals surface area contributed by atoms with Crippen molar-refractivity contribution in [3.63, 3.8) is 0 Å². The van der Waals surface area contributed by atoms with E-state index in [9.17, 15) is 23.2 Å². The van der Waals surface area contributed by atoms with E-state index in [1.165, 1.54) is 24.3 Å². The molecule has 0 aromatic heterocycles. The molecule has 6 nitrogen and oxygen atoms in total. The molecule has 3 aromatic rings. The first kappa shape index (κ1) is 22.6. The highest BCUT2D eigenvalue weighted by atomic mass is 127. The second kappa shape index (κ2) is 9.49. The molecule has 0 atom stereocenters. The summed E-state index contributed by atoms with van der Waals surface area (Å²) in [6, 6.07) is 15.1. The van der Waals surface area contributed by atoms with Crippen LogP contribution in [0.5, 0.6) is 5.75 Å². The van der Waals surface area contributed by atoms with Gasteiger partial charge in [-0.2, -0.15) is 0 Å². The van der Waals surface area contributed by atoms with Gasteiger partial charge in [0.25, 0.3) is 11.8 Å². The number of ether oxygens (including phenoxy) is 1. The van der Waals surface area contributed by atoms with Crippen LogP contribution in [0.2, 0.25) is 0 Å². The smallest absolute Gasteiger partial charge is 0.335 e. The van der Waals surface area contributed by atoms with Crippen molar-refractivity contribution in [3.8, 4) is 5.75 Å². The van der Waals surface area contributed by atoms with E-state index in [-0.39, 0.29) is 23.7 Å². The molecule has 0 radical (unpaired) electrons. The number of barbiturate groups is 1. The Bertz CT molecular complexity index is 1290. The lowest BCUT2D eigenvalue weighted by Crippen LogP contribution is -2.54. The molecule has 1 saturated heterocycles. The van der Waals surface area contributed by atoms with Crippen LogP contribution < -0.4 is 15.0 Å². The average molecular weight is 560 g/mol. The molecule has 0 unspecified atom stereocenters. The minimum Gasteiger partial charge on any atom is -0.488 e. The number of benzene rings is 3. The van der Waals surface area contributed by atoms with Gasteiger partial charge in [-0.3, -0.25) is 14.9 Å². The Morgan fingerprint density at radius 2 is 1.70 bits per heavy atom. The molecule has 0 bridgehead atoms. The average Bonchev–Trinajstić information content (AvgIpc) is 2.78. The van der Waals surface area contributed by atoms with Crippen molar-refractivity contribution in [3.05, 3.63) is 98.6 Å². The third kappa shape index (κ3) is 4.92. The molecule has 1 heterocycles. The Kier molecular flexibility index (Phi) is 6.50. The SMILES string of the molecule is O=C1NC(=O)N(c2ccc(F)cc2)C(=O)/C1=C/c1ccc(OCc2ccccc2F)c(I)c1. The number of amides is 4. The number of carbonyl (C=O) groups excluding carboxylic acids is 3. The summed E-state index contributed by atoms with van der Waals surface area (Å²) in [6.45, 7) is 0.0404. The lowest BCUT2D eigenvalue weighted by molar-refractivity contribution is -0.122. The fraction of sp³-hybridized carbons (Fsp3) is 0.0417. The molecule has 9 heteroatoms. The zero-order valence-electron chi connectivity index (χ0n) is 16.8. The molecule has 1 fully saturated rings. The van der Waals surface area contributed by atoms with Crippen molar-refractivity contribution in [2.75, 3.05) is 4.90 Å². The normalized spacial score (nSPS) is 15.1.